The van der Waals surface area contributed by atoms with Gasteiger partial charge in [0.05, 0.1) is 18.7 Å². The predicted octanol–water partition coefficient (Wildman–Crippen LogP) is 1.59. The van der Waals surface area contributed by atoms with E-state index >= 15 is 0 Å². The van der Waals surface area contributed by atoms with Gasteiger partial charge in [0.25, 0.3) is 5.91 Å². The second kappa shape index (κ2) is 6.13. The summed E-state index contributed by atoms with van der Waals surface area (Å²) in [4.78, 5) is 18.8. The Labute approximate surface area is 128 Å². The monoisotopic (exact) mass is 301 g/mol. The van der Waals surface area contributed by atoms with Gasteiger partial charge in [-0.05, 0) is 25.3 Å². The SMILES string of the molecule is COc1ccc(C(=O)N2CCCCC2c2nncn2C)cn1. The molecule has 1 saturated heterocycles. The fourth-order valence-corrected chi connectivity index (χ4v) is 2.83. The van der Waals surface area contributed by atoms with E-state index in [2.05, 4.69) is 15.2 Å². The number of aromatic nitrogens is 4. The molecule has 0 aromatic carbocycles. The number of aryl methyl sites for hydroxylation is 1. The van der Waals surface area contributed by atoms with Crippen LogP contribution in [0.5, 0.6) is 5.88 Å². The number of carbonyl (C=O) groups is 1. The Balaban J connectivity index is 1.86. The van der Waals surface area contributed by atoms with Crippen molar-refractivity contribution in [1.82, 2.24) is 24.6 Å². The first-order valence-corrected chi connectivity index (χ1v) is 7.35. The number of hydrogen-bond donors (Lipinski definition) is 0. The summed E-state index contributed by atoms with van der Waals surface area (Å²) in [6, 6.07) is 3.42. The van der Waals surface area contributed by atoms with E-state index in [1.807, 2.05) is 16.5 Å². The van der Waals surface area contributed by atoms with E-state index in [4.69, 9.17) is 4.74 Å². The fraction of sp³-hybridized carbons (Fsp3) is 0.467. The largest absolute Gasteiger partial charge is 0.481 e. The Morgan fingerprint density at radius 2 is 2.23 bits per heavy atom. The molecule has 1 aliphatic rings. The van der Waals surface area contributed by atoms with Gasteiger partial charge in [0.1, 0.15) is 6.33 Å². The Morgan fingerprint density at radius 1 is 1.36 bits per heavy atom. The third-order valence-corrected chi connectivity index (χ3v) is 4.00. The van der Waals surface area contributed by atoms with Crippen LogP contribution in [-0.4, -0.2) is 44.2 Å². The molecule has 3 rings (SSSR count). The highest BCUT2D eigenvalue weighted by atomic mass is 16.5. The molecule has 0 radical (unpaired) electrons. The molecule has 22 heavy (non-hydrogen) atoms. The molecule has 0 saturated carbocycles. The third kappa shape index (κ3) is 2.66. The Morgan fingerprint density at radius 3 is 2.86 bits per heavy atom. The van der Waals surface area contributed by atoms with Gasteiger partial charge in [0, 0.05) is 25.9 Å². The number of likely N-dealkylation sites (tertiary alicyclic amines) is 1. The average Bonchev–Trinajstić information content (AvgIpc) is 3.00. The first-order valence-electron chi connectivity index (χ1n) is 7.35. The summed E-state index contributed by atoms with van der Waals surface area (Å²) < 4.78 is 6.91. The molecule has 116 valence electrons. The predicted molar refractivity (Wildman–Crippen MR) is 79.4 cm³/mol. The van der Waals surface area contributed by atoms with Crippen LogP contribution in [0.3, 0.4) is 0 Å². The van der Waals surface area contributed by atoms with E-state index in [9.17, 15) is 4.79 Å². The number of carbonyl (C=O) groups excluding carboxylic acids is 1. The maximum Gasteiger partial charge on any atom is 0.256 e. The summed E-state index contributed by atoms with van der Waals surface area (Å²) in [5, 5.41) is 8.11. The van der Waals surface area contributed by atoms with Crippen LogP contribution in [0.2, 0.25) is 0 Å². The molecule has 2 aromatic rings. The maximum atomic E-state index is 12.8. The summed E-state index contributed by atoms with van der Waals surface area (Å²) in [7, 11) is 3.46. The molecule has 3 heterocycles. The first-order chi connectivity index (χ1) is 10.7. The number of methoxy groups -OCH3 is 1. The number of rotatable bonds is 3. The smallest absolute Gasteiger partial charge is 0.256 e. The number of piperidine rings is 1. The molecule has 0 spiro atoms. The van der Waals surface area contributed by atoms with Gasteiger partial charge >= 0.3 is 0 Å². The number of amides is 1. The minimum atomic E-state index is -0.0316. The van der Waals surface area contributed by atoms with Crippen LogP contribution in [-0.2, 0) is 7.05 Å². The number of ether oxygens (including phenoxy) is 1. The standard InChI is InChI=1S/C15H19N5O2/c1-19-10-17-18-14(19)12-5-3-4-8-20(12)15(21)11-6-7-13(22-2)16-9-11/h6-7,9-10,12H,3-5,8H2,1-2H3. The molecule has 1 aliphatic heterocycles. The molecule has 1 atom stereocenters. The van der Waals surface area contributed by atoms with Gasteiger partial charge in [-0.2, -0.15) is 0 Å². The Hall–Kier alpha value is -2.44. The summed E-state index contributed by atoms with van der Waals surface area (Å²) >= 11 is 0. The molecule has 1 fully saturated rings. The maximum absolute atomic E-state index is 12.8. The van der Waals surface area contributed by atoms with Crippen LogP contribution in [0.1, 0.15) is 41.5 Å². The molecule has 1 unspecified atom stereocenters. The average molecular weight is 301 g/mol. The van der Waals surface area contributed by atoms with E-state index < -0.39 is 0 Å². The van der Waals surface area contributed by atoms with Crippen LogP contribution < -0.4 is 4.74 Å². The highest BCUT2D eigenvalue weighted by Crippen LogP contribution is 2.30. The minimum absolute atomic E-state index is 0.0251. The second-order valence-electron chi connectivity index (χ2n) is 5.40. The lowest BCUT2D eigenvalue weighted by Gasteiger charge is -2.34. The molecule has 2 aromatic heterocycles. The topological polar surface area (TPSA) is 73.1 Å². The number of hydrogen-bond acceptors (Lipinski definition) is 5. The number of nitrogens with zero attached hydrogens (tertiary/aromatic N) is 5. The van der Waals surface area contributed by atoms with Crippen LogP contribution in [0.4, 0.5) is 0 Å². The summed E-state index contributed by atoms with van der Waals surface area (Å²) in [5.74, 6) is 1.30. The zero-order chi connectivity index (χ0) is 15.5. The molecule has 0 N–H and O–H groups in total. The molecule has 1 amide bonds. The van der Waals surface area contributed by atoms with Gasteiger partial charge in [0.2, 0.25) is 5.88 Å². The first kappa shape index (κ1) is 14.5. The van der Waals surface area contributed by atoms with Crippen molar-refractivity contribution in [2.24, 2.45) is 7.05 Å². The highest BCUT2D eigenvalue weighted by Gasteiger charge is 2.31. The van der Waals surface area contributed by atoms with Crippen LogP contribution in [0, 0.1) is 0 Å². The Bertz CT molecular complexity index is 652. The molecule has 7 nitrogen and oxygen atoms in total. The van der Waals surface area contributed by atoms with Crippen molar-refractivity contribution in [2.75, 3.05) is 13.7 Å². The van der Waals surface area contributed by atoms with Crippen molar-refractivity contribution in [3.63, 3.8) is 0 Å². The quantitative estimate of drug-likeness (QED) is 0.860. The number of pyridine rings is 1. The van der Waals surface area contributed by atoms with Gasteiger partial charge in [-0.1, -0.05) is 0 Å². The van der Waals surface area contributed by atoms with Crippen molar-refractivity contribution in [3.05, 3.63) is 36.0 Å². The summed E-state index contributed by atoms with van der Waals surface area (Å²) in [6.45, 7) is 0.725. The van der Waals surface area contributed by atoms with Crippen molar-refractivity contribution < 1.29 is 9.53 Å². The normalized spacial score (nSPS) is 18.3. The van der Waals surface area contributed by atoms with E-state index in [0.29, 0.717) is 11.4 Å². The highest BCUT2D eigenvalue weighted by molar-refractivity contribution is 5.94. The van der Waals surface area contributed by atoms with E-state index in [0.717, 1.165) is 31.6 Å². The van der Waals surface area contributed by atoms with Gasteiger partial charge < -0.3 is 14.2 Å². The Kier molecular flexibility index (Phi) is 4.04. The van der Waals surface area contributed by atoms with Crippen molar-refractivity contribution in [2.45, 2.75) is 25.3 Å². The second-order valence-corrected chi connectivity index (χ2v) is 5.40. The van der Waals surface area contributed by atoms with Crippen molar-refractivity contribution >= 4 is 5.91 Å². The fourth-order valence-electron chi connectivity index (χ4n) is 2.83. The van der Waals surface area contributed by atoms with E-state index in [1.165, 1.54) is 0 Å². The van der Waals surface area contributed by atoms with E-state index in [-0.39, 0.29) is 11.9 Å². The zero-order valence-corrected chi connectivity index (χ0v) is 12.8. The van der Waals surface area contributed by atoms with Crippen LogP contribution >= 0.6 is 0 Å². The van der Waals surface area contributed by atoms with Gasteiger partial charge in [0.15, 0.2) is 5.82 Å². The molecular formula is C15H19N5O2. The summed E-state index contributed by atoms with van der Waals surface area (Å²) in [5.41, 5.74) is 0.565. The lowest BCUT2D eigenvalue weighted by molar-refractivity contribution is 0.0595. The molecular weight excluding hydrogens is 282 g/mol. The zero-order valence-electron chi connectivity index (χ0n) is 12.8. The van der Waals surface area contributed by atoms with Crippen molar-refractivity contribution in [1.29, 1.82) is 0 Å². The lowest BCUT2D eigenvalue weighted by Crippen LogP contribution is -2.39. The third-order valence-electron chi connectivity index (χ3n) is 4.00. The molecule has 0 bridgehead atoms. The lowest BCUT2D eigenvalue weighted by atomic mass is 10.0. The van der Waals surface area contributed by atoms with Gasteiger partial charge in [-0.3, -0.25) is 4.79 Å². The van der Waals surface area contributed by atoms with Crippen molar-refractivity contribution in [3.8, 4) is 5.88 Å². The van der Waals surface area contributed by atoms with E-state index in [1.54, 1.807) is 31.8 Å². The minimum Gasteiger partial charge on any atom is -0.481 e. The molecule has 0 aliphatic carbocycles. The summed E-state index contributed by atoms with van der Waals surface area (Å²) in [6.07, 6.45) is 6.22. The van der Waals surface area contributed by atoms with Crippen LogP contribution in [0.15, 0.2) is 24.7 Å². The van der Waals surface area contributed by atoms with Crippen LogP contribution in [0.25, 0.3) is 0 Å². The van der Waals surface area contributed by atoms with Gasteiger partial charge in [-0.15, -0.1) is 10.2 Å². The molecule has 7 heteroatoms. The van der Waals surface area contributed by atoms with Gasteiger partial charge in [-0.25, -0.2) is 4.98 Å².